The number of aryl methyl sites for hydroxylation is 1. The van der Waals surface area contributed by atoms with Gasteiger partial charge in [-0.25, -0.2) is 4.39 Å². The molecule has 5 nitrogen and oxygen atoms in total. The van der Waals surface area contributed by atoms with Crippen LogP contribution >= 0.6 is 0 Å². The van der Waals surface area contributed by atoms with E-state index in [0.717, 1.165) is 0 Å². The topological polar surface area (TPSA) is 67.6 Å². The minimum absolute atomic E-state index is 0.138. The van der Waals surface area contributed by atoms with Crippen molar-refractivity contribution >= 4 is 17.3 Å². The maximum absolute atomic E-state index is 13.3. The highest BCUT2D eigenvalue weighted by molar-refractivity contribution is 5.83. The fourth-order valence-corrected chi connectivity index (χ4v) is 1.66. The van der Waals surface area contributed by atoms with Gasteiger partial charge in [0.15, 0.2) is 0 Å². The van der Waals surface area contributed by atoms with Crippen molar-refractivity contribution in [3.63, 3.8) is 0 Å². The van der Waals surface area contributed by atoms with Crippen LogP contribution in [0.3, 0.4) is 0 Å². The lowest BCUT2D eigenvalue weighted by molar-refractivity contribution is -0.119. The number of likely N-dealkylation sites (N-methyl/N-ethyl adjacent to an activating group) is 1. The predicted octanol–water partition coefficient (Wildman–Crippen LogP) is 0.915. The fourth-order valence-electron chi connectivity index (χ4n) is 1.66. The molecule has 0 aliphatic heterocycles. The van der Waals surface area contributed by atoms with E-state index in [-0.39, 0.29) is 18.3 Å². The monoisotopic (exact) mass is 269 g/mol. The summed E-state index contributed by atoms with van der Waals surface area (Å²) in [6.07, 6.45) is 0. The molecule has 106 valence electrons. The fraction of sp³-hybridized carbons (Fsp3) is 0.462. The number of hydrogen-bond acceptors (Lipinski definition) is 4. The van der Waals surface area contributed by atoms with Crippen molar-refractivity contribution in [2.45, 2.75) is 6.92 Å². The van der Waals surface area contributed by atoms with Crippen molar-refractivity contribution in [3.8, 4) is 0 Å². The number of ether oxygens (including phenoxy) is 1. The zero-order valence-electron chi connectivity index (χ0n) is 11.5. The summed E-state index contributed by atoms with van der Waals surface area (Å²) in [5, 5.41) is 2.71. The smallest absolute Gasteiger partial charge is 0.239 e. The number of halogens is 1. The third-order valence-electron chi connectivity index (χ3n) is 2.73. The number of nitrogen functional groups attached to an aromatic ring is 1. The molecule has 0 atom stereocenters. The molecular formula is C13H20FN3O2. The van der Waals surface area contributed by atoms with Gasteiger partial charge in [-0.05, 0) is 24.6 Å². The third kappa shape index (κ3) is 4.40. The van der Waals surface area contributed by atoms with Gasteiger partial charge in [-0.3, -0.25) is 4.79 Å². The van der Waals surface area contributed by atoms with Crippen LogP contribution in [0.1, 0.15) is 5.56 Å². The summed E-state index contributed by atoms with van der Waals surface area (Å²) >= 11 is 0. The number of rotatable bonds is 6. The highest BCUT2D eigenvalue weighted by Gasteiger charge is 2.12. The van der Waals surface area contributed by atoms with Crippen molar-refractivity contribution in [2.75, 3.05) is 44.5 Å². The number of nitrogens with two attached hydrogens (primary N) is 1. The number of amides is 1. The molecule has 3 N–H and O–H groups in total. The Morgan fingerprint density at radius 1 is 1.53 bits per heavy atom. The van der Waals surface area contributed by atoms with Crippen molar-refractivity contribution in [3.05, 3.63) is 23.5 Å². The highest BCUT2D eigenvalue weighted by Crippen LogP contribution is 2.25. The van der Waals surface area contributed by atoms with Crippen LogP contribution < -0.4 is 16.0 Å². The first kappa shape index (κ1) is 15.2. The van der Waals surface area contributed by atoms with Crippen LogP contribution in [0.25, 0.3) is 0 Å². The second-order valence-electron chi connectivity index (χ2n) is 4.36. The standard InChI is InChI=1S/C13H20FN3O2/c1-9-6-12(11(15)7-10(9)14)17(2)8-13(18)16-4-5-19-3/h6-7H,4-5,8,15H2,1-3H3,(H,16,18). The number of nitrogens with zero attached hydrogens (tertiary/aromatic N) is 1. The summed E-state index contributed by atoms with van der Waals surface area (Å²) in [4.78, 5) is 13.3. The van der Waals surface area contributed by atoms with E-state index in [2.05, 4.69) is 5.32 Å². The summed E-state index contributed by atoms with van der Waals surface area (Å²) in [6.45, 7) is 2.73. The van der Waals surface area contributed by atoms with E-state index in [1.807, 2.05) is 0 Å². The number of methoxy groups -OCH3 is 1. The molecule has 0 unspecified atom stereocenters. The van der Waals surface area contributed by atoms with Crippen LogP contribution in [-0.2, 0) is 9.53 Å². The number of carbonyl (C=O) groups excluding carboxylic acids is 1. The predicted molar refractivity (Wildman–Crippen MR) is 73.7 cm³/mol. The summed E-state index contributed by atoms with van der Waals surface area (Å²) in [6, 6.07) is 2.90. The minimum atomic E-state index is -0.348. The van der Waals surface area contributed by atoms with E-state index in [4.69, 9.17) is 10.5 Å². The molecule has 0 bridgehead atoms. The Balaban J connectivity index is 2.65. The molecule has 1 aromatic rings. The Labute approximate surface area is 112 Å². The van der Waals surface area contributed by atoms with Crippen molar-refractivity contribution in [2.24, 2.45) is 0 Å². The normalized spacial score (nSPS) is 10.3. The van der Waals surface area contributed by atoms with Crippen molar-refractivity contribution in [1.29, 1.82) is 0 Å². The zero-order chi connectivity index (χ0) is 14.4. The lowest BCUT2D eigenvalue weighted by Crippen LogP contribution is -2.36. The zero-order valence-corrected chi connectivity index (χ0v) is 11.5. The van der Waals surface area contributed by atoms with E-state index >= 15 is 0 Å². The molecule has 19 heavy (non-hydrogen) atoms. The second kappa shape index (κ2) is 6.94. The first-order chi connectivity index (χ1) is 8.95. The van der Waals surface area contributed by atoms with E-state index in [1.54, 1.807) is 32.0 Å². The van der Waals surface area contributed by atoms with E-state index in [0.29, 0.717) is 30.1 Å². The van der Waals surface area contributed by atoms with E-state index < -0.39 is 0 Å². The molecule has 0 saturated heterocycles. The van der Waals surface area contributed by atoms with Gasteiger partial charge in [0.1, 0.15) is 5.82 Å². The quantitative estimate of drug-likeness (QED) is 0.595. The molecule has 0 radical (unpaired) electrons. The van der Waals surface area contributed by atoms with Crippen LogP contribution in [0, 0.1) is 12.7 Å². The molecule has 0 saturated carbocycles. The molecule has 0 aliphatic rings. The Bertz CT molecular complexity index is 452. The number of anilines is 2. The van der Waals surface area contributed by atoms with Gasteiger partial charge in [0, 0.05) is 20.7 Å². The van der Waals surface area contributed by atoms with Crippen molar-refractivity contribution in [1.82, 2.24) is 5.32 Å². The van der Waals surface area contributed by atoms with E-state index in [9.17, 15) is 9.18 Å². The van der Waals surface area contributed by atoms with Gasteiger partial charge in [-0.1, -0.05) is 0 Å². The first-order valence-corrected chi connectivity index (χ1v) is 5.98. The molecule has 1 amide bonds. The second-order valence-corrected chi connectivity index (χ2v) is 4.36. The Hall–Kier alpha value is -1.82. The van der Waals surface area contributed by atoms with Gasteiger partial charge < -0.3 is 20.7 Å². The molecule has 6 heteroatoms. The highest BCUT2D eigenvalue weighted by atomic mass is 19.1. The van der Waals surface area contributed by atoms with Gasteiger partial charge in [0.25, 0.3) is 0 Å². The van der Waals surface area contributed by atoms with Crippen LogP contribution in [0.4, 0.5) is 15.8 Å². The van der Waals surface area contributed by atoms with Crippen LogP contribution in [0.2, 0.25) is 0 Å². The lowest BCUT2D eigenvalue weighted by atomic mass is 10.1. The molecule has 0 fully saturated rings. The maximum atomic E-state index is 13.3. The molecular weight excluding hydrogens is 249 g/mol. The molecule has 1 aromatic carbocycles. The number of hydrogen-bond donors (Lipinski definition) is 2. The molecule has 0 heterocycles. The molecule has 0 aromatic heterocycles. The SMILES string of the molecule is COCCNC(=O)CN(C)c1cc(C)c(F)cc1N. The maximum Gasteiger partial charge on any atom is 0.239 e. The lowest BCUT2D eigenvalue weighted by Gasteiger charge is -2.21. The van der Waals surface area contributed by atoms with Gasteiger partial charge in [-0.15, -0.1) is 0 Å². The summed E-state index contributed by atoms with van der Waals surface area (Å²) in [5.74, 6) is -0.486. The largest absolute Gasteiger partial charge is 0.397 e. The summed E-state index contributed by atoms with van der Waals surface area (Å²) in [7, 11) is 3.30. The number of benzene rings is 1. The van der Waals surface area contributed by atoms with Crippen LogP contribution in [0.5, 0.6) is 0 Å². The van der Waals surface area contributed by atoms with Crippen LogP contribution in [0.15, 0.2) is 12.1 Å². The average molecular weight is 269 g/mol. The number of nitrogens with one attached hydrogen (secondary N) is 1. The number of carbonyl (C=O) groups is 1. The van der Waals surface area contributed by atoms with Gasteiger partial charge in [0.2, 0.25) is 5.91 Å². The Morgan fingerprint density at radius 2 is 2.21 bits per heavy atom. The Kier molecular flexibility index (Phi) is 5.57. The third-order valence-corrected chi connectivity index (χ3v) is 2.73. The molecule has 1 rings (SSSR count). The van der Waals surface area contributed by atoms with Gasteiger partial charge in [0.05, 0.1) is 24.5 Å². The van der Waals surface area contributed by atoms with E-state index in [1.165, 1.54) is 6.07 Å². The van der Waals surface area contributed by atoms with Gasteiger partial charge >= 0.3 is 0 Å². The molecule has 0 spiro atoms. The molecule has 0 aliphatic carbocycles. The Morgan fingerprint density at radius 3 is 2.84 bits per heavy atom. The van der Waals surface area contributed by atoms with Crippen LogP contribution in [-0.4, -0.2) is 39.8 Å². The van der Waals surface area contributed by atoms with Gasteiger partial charge in [-0.2, -0.15) is 0 Å². The first-order valence-electron chi connectivity index (χ1n) is 5.98. The average Bonchev–Trinajstić information content (AvgIpc) is 2.34. The van der Waals surface area contributed by atoms with Crippen molar-refractivity contribution < 1.29 is 13.9 Å². The summed E-state index contributed by atoms with van der Waals surface area (Å²) < 4.78 is 18.1. The summed E-state index contributed by atoms with van der Waals surface area (Å²) in [5.41, 5.74) is 7.21. The minimum Gasteiger partial charge on any atom is -0.397 e.